The molecule has 1 unspecified atom stereocenters. The lowest BCUT2D eigenvalue weighted by atomic mass is 10.2. The van der Waals surface area contributed by atoms with Gasteiger partial charge in [0.05, 0.1) is 11.5 Å². The van der Waals surface area contributed by atoms with Crippen molar-refractivity contribution in [2.24, 2.45) is 0 Å². The van der Waals surface area contributed by atoms with Crippen molar-refractivity contribution in [2.45, 2.75) is 53.7 Å². The average Bonchev–Trinajstić information content (AvgIpc) is 2.69. The second-order valence-electron chi connectivity index (χ2n) is 5.22. The third kappa shape index (κ3) is 3.00. The Morgan fingerprint density at radius 1 is 1.38 bits per heavy atom. The highest BCUT2D eigenvalue weighted by Gasteiger charge is 2.17. The number of aryl methyl sites for hydroxylation is 3. The molecule has 0 spiro atoms. The highest BCUT2D eigenvalue weighted by molar-refractivity contribution is 7.18. The Morgan fingerprint density at radius 2 is 2.05 bits per heavy atom. The van der Waals surface area contributed by atoms with Crippen LogP contribution in [0.15, 0.2) is 4.79 Å². The summed E-state index contributed by atoms with van der Waals surface area (Å²) in [7, 11) is 0. The van der Waals surface area contributed by atoms with Crippen molar-refractivity contribution in [1.82, 2.24) is 9.55 Å². The van der Waals surface area contributed by atoms with Crippen LogP contribution in [-0.2, 0) is 16.1 Å². The molecule has 5 nitrogen and oxygen atoms in total. The summed E-state index contributed by atoms with van der Waals surface area (Å²) < 4.78 is 6.63. The van der Waals surface area contributed by atoms with E-state index in [4.69, 9.17) is 4.74 Å². The van der Waals surface area contributed by atoms with Gasteiger partial charge in [0, 0.05) is 4.88 Å². The molecule has 0 saturated carbocycles. The number of carbonyl (C=O) groups excluding carboxylic acids is 1. The molecule has 1 atom stereocenters. The fourth-order valence-corrected chi connectivity index (χ4v) is 3.15. The van der Waals surface area contributed by atoms with Crippen LogP contribution in [0.4, 0.5) is 0 Å². The number of thiophene rings is 1. The lowest BCUT2D eigenvalue weighted by molar-refractivity contribution is -0.149. The van der Waals surface area contributed by atoms with Gasteiger partial charge in [0.25, 0.3) is 5.56 Å². The summed E-state index contributed by atoms with van der Waals surface area (Å²) >= 11 is 1.51. The van der Waals surface area contributed by atoms with Crippen molar-refractivity contribution in [3.63, 3.8) is 0 Å². The molecule has 2 heterocycles. The van der Waals surface area contributed by atoms with Crippen molar-refractivity contribution in [2.75, 3.05) is 0 Å². The largest absolute Gasteiger partial charge is 0.461 e. The Labute approximate surface area is 127 Å². The summed E-state index contributed by atoms with van der Waals surface area (Å²) in [5, 5.41) is 0.611. The van der Waals surface area contributed by atoms with E-state index >= 15 is 0 Å². The van der Waals surface area contributed by atoms with Gasteiger partial charge in [-0.25, -0.2) is 4.98 Å². The van der Waals surface area contributed by atoms with Gasteiger partial charge in [0.1, 0.15) is 17.2 Å². The maximum absolute atomic E-state index is 12.6. The van der Waals surface area contributed by atoms with E-state index in [0.29, 0.717) is 11.2 Å². The first-order valence-corrected chi connectivity index (χ1v) is 7.83. The highest BCUT2D eigenvalue weighted by atomic mass is 32.1. The first-order chi connectivity index (χ1) is 9.85. The van der Waals surface area contributed by atoms with Crippen molar-refractivity contribution in [3.05, 3.63) is 26.6 Å². The summed E-state index contributed by atoms with van der Waals surface area (Å²) in [5.41, 5.74) is 0.775. The number of aromatic nitrogens is 2. The van der Waals surface area contributed by atoms with E-state index in [1.165, 1.54) is 15.9 Å². The van der Waals surface area contributed by atoms with Gasteiger partial charge in [0.2, 0.25) is 0 Å². The van der Waals surface area contributed by atoms with Crippen LogP contribution in [0.2, 0.25) is 0 Å². The molecule has 0 aliphatic carbocycles. The molecule has 2 rings (SSSR count). The minimum atomic E-state index is -0.402. The van der Waals surface area contributed by atoms with Gasteiger partial charge in [-0.05, 0) is 39.7 Å². The molecule has 0 aliphatic rings. The maximum atomic E-state index is 12.6. The summed E-state index contributed by atoms with van der Waals surface area (Å²) in [6.45, 7) is 9.31. The molecule has 0 aromatic carbocycles. The standard InChI is InChI=1S/C15H20N2O3S/c1-6-8(2)20-12(18)7-17-11(5)16-14-13(15(17)19)9(3)10(4)21-14/h8H,6-7H2,1-5H3. The van der Waals surface area contributed by atoms with Gasteiger partial charge in [0.15, 0.2) is 0 Å². The molecule has 2 aromatic heterocycles. The maximum Gasteiger partial charge on any atom is 0.326 e. The number of hydrogen-bond acceptors (Lipinski definition) is 5. The van der Waals surface area contributed by atoms with E-state index in [0.717, 1.165) is 21.7 Å². The zero-order chi connectivity index (χ0) is 15.7. The Bertz CT molecular complexity index is 745. The molecule has 0 fully saturated rings. The first-order valence-electron chi connectivity index (χ1n) is 7.01. The Morgan fingerprint density at radius 3 is 2.67 bits per heavy atom. The third-order valence-electron chi connectivity index (χ3n) is 3.67. The van der Waals surface area contributed by atoms with Gasteiger partial charge in [-0.2, -0.15) is 0 Å². The van der Waals surface area contributed by atoms with Crippen LogP contribution >= 0.6 is 11.3 Å². The first kappa shape index (κ1) is 15.7. The molecule has 2 aromatic rings. The summed E-state index contributed by atoms with van der Waals surface area (Å²) in [6.07, 6.45) is 0.607. The molecular formula is C15H20N2O3S. The van der Waals surface area contributed by atoms with E-state index < -0.39 is 5.97 Å². The molecule has 6 heteroatoms. The van der Waals surface area contributed by atoms with Gasteiger partial charge in [-0.3, -0.25) is 14.2 Å². The number of esters is 1. The van der Waals surface area contributed by atoms with E-state index in [9.17, 15) is 9.59 Å². The van der Waals surface area contributed by atoms with Crippen LogP contribution in [0.3, 0.4) is 0 Å². The average molecular weight is 308 g/mol. The predicted octanol–water partition coefficient (Wildman–Crippen LogP) is 2.72. The molecule has 0 N–H and O–H groups in total. The lowest BCUT2D eigenvalue weighted by Gasteiger charge is -2.13. The van der Waals surface area contributed by atoms with Gasteiger partial charge >= 0.3 is 5.97 Å². The molecule has 114 valence electrons. The predicted molar refractivity (Wildman–Crippen MR) is 83.9 cm³/mol. The third-order valence-corrected chi connectivity index (χ3v) is 4.78. The van der Waals surface area contributed by atoms with E-state index in [1.807, 2.05) is 27.7 Å². The monoisotopic (exact) mass is 308 g/mol. The van der Waals surface area contributed by atoms with E-state index in [-0.39, 0.29) is 18.2 Å². The van der Waals surface area contributed by atoms with Crippen LogP contribution in [0.5, 0.6) is 0 Å². The zero-order valence-electron chi connectivity index (χ0n) is 13.0. The van der Waals surface area contributed by atoms with E-state index in [1.54, 1.807) is 6.92 Å². The Kier molecular flexibility index (Phi) is 4.46. The number of hydrogen-bond donors (Lipinski definition) is 0. The molecule has 21 heavy (non-hydrogen) atoms. The molecule has 0 bridgehead atoms. The number of ether oxygens (including phenoxy) is 1. The molecule has 0 amide bonds. The van der Waals surface area contributed by atoms with Gasteiger partial charge < -0.3 is 4.74 Å². The van der Waals surface area contributed by atoms with Crippen LogP contribution in [0.1, 0.15) is 36.5 Å². The number of rotatable bonds is 4. The second kappa shape index (κ2) is 5.97. The summed E-state index contributed by atoms with van der Waals surface area (Å²) in [6, 6.07) is 0. The highest BCUT2D eigenvalue weighted by Crippen LogP contribution is 2.26. The zero-order valence-corrected chi connectivity index (χ0v) is 13.8. The number of fused-ring (bicyclic) bond motifs is 1. The molecule has 0 aliphatic heterocycles. The number of carbonyl (C=O) groups is 1. The quantitative estimate of drug-likeness (QED) is 0.815. The van der Waals surface area contributed by atoms with Crippen LogP contribution < -0.4 is 5.56 Å². The van der Waals surface area contributed by atoms with Crippen LogP contribution in [0.25, 0.3) is 10.2 Å². The van der Waals surface area contributed by atoms with Crippen molar-refractivity contribution < 1.29 is 9.53 Å². The fraction of sp³-hybridized carbons (Fsp3) is 0.533. The number of nitrogens with zero attached hydrogens (tertiary/aromatic N) is 2. The lowest BCUT2D eigenvalue weighted by Crippen LogP contribution is -2.29. The smallest absolute Gasteiger partial charge is 0.326 e. The summed E-state index contributed by atoms with van der Waals surface area (Å²) in [4.78, 5) is 30.8. The Hall–Kier alpha value is -1.69. The van der Waals surface area contributed by atoms with Gasteiger partial charge in [-0.1, -0.05) is 6.92 Å². The minimum Gasteiger partial charge on any atom is -0.461 e. The Balaban J connectivity index is 2.43. The molecule has 0 radical (unpaired) electrons. The fourth-order valence-electron chi connectivity index (χ4n) is 2.09. The molecule has 0 saturated heterocycles. The van der Waals surface area contributed by atoms with Crippen LogP contribution in [-0.4, -0.2) is 21.6 Å². The summed E-state index contributed by atoms with van der Waals surface area (Å²) in [5.74, 6) is 0.134. The normalized spacial score (nSPS) is 12.6. The topological polar surface area (TPSA) is 61.2 Å². The second-order valence-corrected chi connectivity index (χ2v) is 6.43. The van der Waals surface area contributed by atoms with Crippen molar-refractivity contribution in [3.8, 4) is 0 Å². The van der Waals surface area contributed by atoms with E-state index in [2.05, 4.69) is 4.98 Å². The van der Waals surface area contributed by atoms with Crippen LogP contribution in [0, 0.1) is 20.8 Å². The van der Waals surface area contributed by atoms with Gasteiger partial charge in [-0.15, -0.1) is 11.3 Å². The SMILES string of the molecule is CCC(C)OC(=O)Cn1c(C)nc2sc(C)c(C)c2c1=O. The minimum absolute atomic E-state index is 0.0910. The van der Waals surface area contributed by atoms with Crippen molar-refractivity contribution in [1.29, 1.82) is 0 Å². The molecular weight excluding hydrogens is 288 g/mol. The van der Waals surface area contributed by atoms with Crippen molar-refractivity contribution >= 4 is 27.5 Å².